The van der Waals surface area contributed by atoms with Gasteiger partial charge in [-0.3, -0.25) is 0 Å². The van der Waals surface area contributed by atoms with Crippen molar-refractivity contribution in [3.63, 3.8) is 0 Å². The summed E-state index contributed by atoms with van der Waals surface area (Å²) in [5, 5.41) is 13.9. The van der Waals surface area contributed by atoms with Crippen molar-refractivity contribution in [2.24, 2.45) is 5.16 Å². The van der Waals surface area contributed by atoms with E-state index in [9.17, 15) is 5.11 Å². The van der Waals surface area contributed by atoms with Gasteiger partial charge in [0.15, 0.2) is 17.1 Å². The zero-order valence-corrected chi connectivity index (χ0v) is 15.6. The molecule has 2 aliphatic heterocycles. The van der Waals surface area contributed by atoms with Crippen LogP contribution in [0.5, 0.6) is 11.5 Å². The smallest absolute Gasteiger partial charge is 0.168 e. The number of oxime groups is 1. The topological polar surface area (TPSA) is 60.3 Å². The molecule has 0 bridgehead atoms. The minimum Gasteiger partial charge on any atom is -0.504 e. The summed E-state index contributed by atoms with van der Waals surface area (Å²) < 4.78 is 10.4. The number of phenolic OH excluding ortho intramolecular Hbond substituents is 1. The molecule has 1 fully saturated rings. The third-order valence-corrected chi connectivity index (χ3v) is 4.08. The third-order valence-electron chi connectivity index (χ3n) is 4.08. The molecule has 0 amide bonds. The molecule has 1 unspecified atom stereocenters. The predicted molar refractivity (Wildman–Crippen MR) is 103 cm³/mol. The average molecular weight is 357 g/mol. The summed E-state index contributed by atoms with van der Waals surface area (Å²) in [4.78, 5) is 5.51. The van der Waals surface area contributed by atoms with Gasteiger partial charge in [0.05, 0.1) is 26.0 Å². The Hall–Kier alpha value is -2.53. The van der Waals surface area contributed by atoms with E-state index in [1.807, 2.05) is 56.3 Å². The molecule has 2 aromatic rings. The molecular weight excluding hydrogens is 330 g/mol. The van der Waals surface area contributed by atoms with Gasteiger partial charge in [-0.25, -0.2) is 0 Å². The summed E-state index contributed by atoms with van der Waals surface area (Å²) in [5.74, 6) is 0.568. The lowest BCUT2D eigenvalue weighted by Crippen LogP contribution is -2.29. The first kappa shape index (κ1) is 19.8. The van der Waals surface area contributed by atoms with Crippen LogP contribution in [0.15, 0.2) is 59.8 Å². The maximum atomic E-state index is 9.76. The molecule has 2 heterocycles. The molecule has 5 nitrogen and oxygen atoms in total. The summed E-state index contributed by atoms with van der Waals surface area (Å²) in [6, 6.07) is 17.2. The second-order valence-electron chi connectivity index (χ2n) is 5.83. The minimum absolute atomic E-state index is 0.112. The van der Waals surface area contributed by atoms with Gasteiger partial charge in [-0.2, -0.15) is 0 Å². The molecule has 0 aliphatic carbocycles. The molecule has 140 valence electrons. The van der Waals surface area contributed by atoms with E-state index in [4.69, 9.17) is 14.3 Å². The first-order chi connectivity index (χ1) is 12.7. The van der Waals surface area contributed by atoms with Crippen molar-refractivity contribution in [1.82, 2.24) is 0 Å². The molecule has 1 spiro atoms. The summed E-state index contributed by atoms with van der Waals surface area (Å²) in [6.07, 6.45) is 1.58. The Morgan fingerprint density at radius 1 is 1.08 bits per heavy atom. The summed E-state index contributed by atoms with van der Waals surface area (Å²) >= 11 is 0. The molecule has 1 atom stereocenters. The van der Waals surface area contributed by atoms with Gasteiger partial charge in [0.2, 0.25) is 0 Å². The van der Waals surface area contributed by atoms with Crippen molar-refractivity contribution >= 4 is 5.71 Å². The molecule has 1 saturated heterocycles. The fraction of sp³-hybridized carbons (Fsp3) is 0.381. The quantitative estimate of drug-likeness (QED) is 0.865. The Balaban J connectivity index is 0.000000256. The lowest BCUT2D eigenvalue weighted by molar-refractivity contribution is -0.0237. The van der Waals surface area contributed by atoms with Crippen LogP contribution in [0.1, 0.15) is 32.3 Å². The second-order valence-corrected chi connectivity index (χ2v) is 5.83. The van der Waals surface area contributed by atoms with Crippen LogP contribution in [0.2, 0.25) is 0 Å². The molecule has 4 rings (SSSR count). The Morgan fingerprint density at radius 2 is 1.73 bits per heavy atom. The molecule has 0 aromatic heterocycles. The van der Waals surface area contributed by atoms with Crippen LogP contribution in [0.4, 0.5) is 0 Å². The standard InChI is InChI=1S/C13H15NO4.C6H6.C2H6/c1-16-12-3-2-9(6-11(12)15)10-7-13(18-14-10)4-5-17-8-13;1-2-4-6-5-3-1;1-2/h2-3,6,15H,4-5,7-8H2,1H3;1-6H;1-2H3. The summed E-state index contributed by atoms with van der Waals surface area (Å²) in [6.45, 7) is 5.30. The van der Waals surface area contributed by atoms with Crippen LogP contribution in [-0.4, -0.2) is 36.7 Å². The second kappa shape index (κ2) is 9.82. The normalized spacial score (nSPS) is 20.2. The van der Waals surface area contributed by atoms with Crippen LogP contribution in [0.3, 0.4) is 0 Å². The van der Waals surface area contributed by atoms with Crippen LogP contribution >= 0.6 is 0 Å². The lowest BCUT2D eigenvalue weighted by Gasteiger charge is -2.17. The van der Waals surface area contributed by atoms with E-state index in [1.165, 1.54) is 7.11 Å². The average Bonchev–Trinajstić information content (AvgIpc) is 3.35. The monoisotopic (exact) mass is 357 g/mol. The first-order valence-electron chi connectivity index (χ1n) is 8.93. The van der Waals surface area contributed by atoms with Crippen molar-refractivity contribution < 1.29 is 19.4 Å². The van der Waals surface area contributed by atoms with Crippen LogP contribution in [0.25, 0.3) is 0 Å². The van der Waals surface area contributed by atoms with Crippen molar-refractivity contribution in [3.8, 4) is 11.5 Å². The van der Waals surface area contributed by atoms with Gasteiger partial charge in [0, 0.05) is 18.4 Å². The van der Waals surface area contributed by atoms with Gasteiger partial charge in [0.1, 0.15) is 0 Å². The van der Waals surface area contributed by atoms with E-state index < -0.39 is 0 Å². The fourth-order valence-corrected chi connectivity index (χ4v) is 2.73. The lowest BCUT2D eigenvalue weighted by atomic mass is 9.93. The number of aromatic hydroxyl groups is 1. The molecule has 1 N–H and O–H groups in total. The molecule has 0 saturated carbocycles. The van der Waals surface area contributed by atoms with E-state index in [1.54, 1.807) is 12.1 Å². The SMILES string of the molecule is CC.COc1ccc(C2=NOC3(CCOC3)C2)cc1O.c1ccccc1. The molecule has 2 aliphatic rings. The Morgan fingerprint density at radius 3 is 2.23 bits per heavy atom. The van der Waals surface area contributed by atoms with Crippen LogP contribution in [-0.2, 0) is 9.57 Å². The van der Waals surface area contributed by atoms with Crippen molar-refractivity contribution in [1.29, 1.82) is 0 Å². The van der Waals surface area contributed by atoms with Gasteiger partial charge < -0.3 is 19.4 Å². The Kier molecular flexibility index (Phi) is 7.48. The van der Waals surface area contributed by atoms with E-state index in [-0.39, 0.29) is 11.4 Å². The van der Waals surface area contributed by atoms with Gasteiger partial charge in [0.25, 0.3) is 0 Å². The molecule has 0 radical (unpaired) electrons. The highest BCUT2D eigenvalue weighted by Crippen LogP contribution is 2.35. The van der Waals surface area contributed by atoms with E-state index in [2.05, 4.69) is 5.16 Å². The molecule has 26 heavy (non-hydrogen) atoms. The first-order valence-corrected chi connectivity index (χ1v) is 8.93. The molecule has 2 aromatic carbocycles. The third kappa shape index (κ3) is 4.99. The van der Waals surface area contributed by atoms with Crippen molar-refractivity contribution in [2.75, 3.05) is 20.3 Å². The van der Waals surface area contributed by atoms with Crippen LogP contribution in [0, 0.1) is 0 Å². The number of benzene rings is 2. The maximum absolute atomic E-state index is 9.76. The van der Waals surface area contributed by atoms with Gasteiger partial charge >= 0.3 is 0 Å². The number of ether oxygens (including phenoxy) is 2. The number of hydrogen-bond donors (Lipinski definition) is 1. The molecule has 5 heteroatoms. The number of nitrogens with zero attached hydrogens (tertiary/aromatic N) is 1. The minimum atomic E-state index is -0.287. The van der Waals surface area contributed by atoms with E-state index >= 15 is 0 Å². The van der Waals surface area contributed by atoms with Crippen molar-refractivity contribution in [3.05, 3.63) is 60.2 Å². The molecular formula is C21H27NO4. The number of phenols is 1. The van der Waals surface area contributed by atoms with Gasteiger partial charge in [-0.15, -0.1) is 0 Å². The van der Waals surface area contributed by atoms with E-state index in [0.717, 1.165) is 30.7 Å². The van der Waals surface area contributed by atoms with Crippen LogP contribution < -0.4 is 4.74 Å². The van der Waals surface area contributed by atoms with Gasteiger partial charge in [-0.1, -0.05) is 55.4 Å². The number of rotatable bonds is 2. The zero-order valence-electron chi connectivity index (χ0n) is 15.6. The highest BCUT2D eigenvalue weighted by Gasteiger charge is 2.43. The van der Waals surface area contributed by atoms with E-state index in [0.29, 0.717) is 12.4 Å². The number of hydrogen-bond acceptors (Lipinski definition) is 5. The zero-order chi connectivity index (χ0) is 18.8. The fourth-order valence-electron chi connectivity index (χ4n) is 2.73. The largest absolute Gasteiger partial charge is 0.504 e. The number of methoxy groups -OCH3 is 1. The van der Waals surface area contributed by atoms with Crippen molar-refractivity contribution in [2.45, 2.75) is 32.3 Å². The maximum Gasteiger partial charge on any atom is 0.168 e. The summed E-state index contributed by atoms with van der Waals surface area (Å²) in [5.41, 5.74) is 1.42. The summed E-state index contributed by atoms with van der Waals surface area (Å²) in [7, 11) is 1.52. The van der Waals surface area contributed by atoms with Gasteiger partial charge in [-0.05, 0) is 18.2 Å². The predicted octanol–water partition coefficient (Wildman–Crippen LogP) is 4.40. The highest BCUT2D eigenvalue weighted by molar-refractivity contribution is 6.02. The Labute approximate surface area is 155 Å². The Bertz CT molecular complexity index is 668. The highest BCUT2D eigenvalue weighted by atomic mass is 16.7.